The summed E-state index contributed by atoms with van der Waals surface area (Å²) in [6, 6.07) is 6.60. The van der Waals surface area contributed by atoms with Crippen LogP contribution >= 0.6 is 15.9 Å². The van der Waals surface area contributed by atoms with Crippen LogP contribution < -0.4 is 5.32 Å². The van der Waals surface area contributed by atoms with Crippen LogP contribution in [-0.4, -0.2) is 16.0 Å². The number of rotatable bonds is 2. The number of nitrogens with zero attached hydrogens (tertiary/aromatic N) is 1. The molecule has 1 aromatic carbocycles. The number of carbonyl (C=O) groups excluding carboxylic acids is 1. The average Bonchev–Trinajstić information content (AvgIpc) is 2.32. The molecule has 0 fully saturated rings. The summed E-state index contributed by atoms with van der Waals surface area (Å²) < 4.78 is 13.5. The largest absolute Gasteiger partial charge is 0.507 e. The molecule has 0 saturated carbocycles. The lowest BCUT2D eigenvalue weighted by molar-refractivity contribution is 0.102. The van der Waals surface area contributed by atoms with Gasteiger partial charge in [-0.1, -0.05) is 0 Å². The fourth-order valence-electron chi connectivity index (χ4n) is 1.55. The van der Waals surface area contributed by atoms with E-state index in [1.54, 1.807) is 19.1 Å². The van der Waals surface area contributed by atoms with Crippen LogP contribution in [0.5, 0.6) is 5.75 Å². The summed E-state index contributed by atoms with van der Waals surface area (Å²) in [6.45, 7) is 1.74. The SMILES string of the molecule is Cc1nc(Br)ccc1NC(=O)c1ccc(F)cc1O. The van der Waals surface area contributed by atoms with E-state index in [0.717, 1.165) is 12.1 Å². The Labute approximate surface area is 117 Å². The molecule has 0 radical (unpaired) electrons. The van der Waals surface area contributed by atoms with Crippen LogP contribution in [-0.2, 0) is 0 Å². The Kier molecular flexibility index (Phi) is 3.80. The smallest absolute Gasteiger partial charge is 0.259 e. The summed E-state index contributed by atoms with van der Waals surface area (Å²) in [4.78, 5) is 16.1. The van der Waals surface area contributed by atoms with Gasteiger partial charge in [-0.05, 0) is 47.1 Å². The number of nitrogens with one attached hydrogen (secondary N) is 1. The Morgan fingerprint density at radius 2 is 2.11 bits per heavy atom. The number of hydrogen-bond acceptors (Lipinski definition) is 3. The molecular formula is C13H10BrFN2O2. The number of aromatic nitrogens is 1. The summed E-state index contributed by atoms with van der Waals surface area (Å²) in [5.41, 5.74) is 1.16. The number of phenols is 1. The minimum Gasteiger partial charge on any atom is -0.507 e. The van der Waals surface area contributed by atoms with Crippen LogP contribution in [0.4, 0.5) is 10.1 Å². The van der Waals surface area contributed by atoms with Crippen molar-refractivity contribution in [1.82, 2.24) is 4.98 Å². The van der Waals surface area contributed by atoms with Gasteiger partial charge in [-0.15, -0.1) is 0 Å². The van der Waals surface area contributed by atoms with Gasteiger partial charge in [0.2, 0.25) is 0 Å². The van der Waals surface area contributed by atoms with Gasteiger partial charge in [0.05, 0.1) is 16.9 Å². The average molecular weight is 325 g/mol. The van der Waals surface area contributed by atoms with E-state index in [9.17, 15) is 14.3 Å². The number of anilines is 1. The molecule has 0 aliphatic rings. The molecule has 98 valence electrons. The van der Waals surface area contributed by atoms with Gasteiger partial charge in [0.1, 0.15) is 16.2 Å². The Hall–Kier alpha value is -1.95. The van der Waals surface area contributed by atoms with Gasteiger partial charge in [0, 0.05) is 6.07 Å². The number of carbonyl (C=O) groups is 1. The van der Waals surface area contributed by atoms with E-state index < -0.39 is 17.5 Å². The third-order valence-corrected chi connectivity index (χ3v) is 2.95. The number of aromatic hydroxyl groups is 1. The highest BCUT2D eigenvalue weighted by Gasteiger charge is 2.13. The van der Waals surface area contributed by atoms with Crippen molar-refractivity contribution in [2.24, 2.45) is 0 Å². The Morgan fingerprint density at radius 1 is 1.37 bits per heavy atom. The van der Waals surface area contributed by atoms with E-state index in [1.165, 1.54) is 6.07 Å². The highest BCUT2D eigenvalue weighted by Crippen LogP contribution is 2.21. The van der Waals surface area contributed by atoms with Gasteiger partial charge in [-0.3, -0.25) is 4.79 Å². The van der Waals surface area contributed by atoms with Crippen LogP contribution in [0.1, 0.15) is 16.1 Å². The summed E-state index contributed by atoms with van der Waals surface area (Å²) in [6.07, 6.45) is 0. The van der Waals surface area contributed by atoms with E-state index in [0.29, 0.717) is 16.0 Å². The molecule has 0 aliphatic carbocycles. The summed E-state index contributed by atoms with van der Waals surface area (Å²) >= 11 is 3.22. The lowest BCUT2D eigenvalue weighted by atomic mass is 10.1. The molecule has 19 heavy (non-hydrogen) atoms. The second-order valence-electron chi connectivity index (χ2n) is 3.88. The van der Waals surface area contributed by atoms with Crippen molar-refractivity contribution >= 4 is 27.5 Å². The molecule has 2 N–H and O–H groups in total. The first-order valence-electron chi connectivity index (χ1n) is 5.40. The first-order chi connectivity index (χ1) is 8.97. The van der Waals surface area contributed by atoms with E-state index in [-0.39, 0.29) is 5.56 Å². The monoisotopic (exact) mass is 324 g/mol. The summed E-state index contributed by atoms with van der Waals surface area (Å²) in [7, 11) is 0. The third kappa shape index (κ3) is 3.08. The van der Waals surface area contributed by atoms with E-state index in [1.807, 2.05) is 0 Å². The van der Waals surface area contributed by atoms with Gasteiger partial charge < -0.3 is 10.4 Å². The van der Waals surface area contributed by atoms with Crippen molar-refractivity contribution in [3.05, 3.63) is 52.0 Å². The second-order valence-corrected chi connectivity index (χ2v) is 4.70. The zero-order valence-electron chi connectivity index (χ0n) is 9.95. The van der Waals surface area contributed by atoms with E-state index in [2.05, 4.69) is 26.2 Å². The second kappa shape index (κ2) is 5.36. The fraction of sp³-hybridized carbons (Fsp3) is 0.0769. The standard InChI is InChI=1S/C13H10BrFN2O2/c1-7-10(4-5-12(14)16-7)17-13(19)9-3-2-8(15)6-11(9)18/h2-6,18H,1H3,(H,17,19). The Balaban J connectivity index is 2.25. The minimum atomic E-state index is -0.601. The predicted molar refractivity (Wildman–Crippen MR) is 72.7 cm³/mol. The normalized spacial score (nSPS) is 10.3. The highest BCUT2D eigenvalue weighted by atomic mass is 79.9. The number of aryl methyl sites for hydroxylation is 1. The number of hydrogen-bond donors (Lipinski definition) is 2. The zero-order valence-corrected chi connectivity index (χ0v) is 11.5. The number of benzene rings is 1. The Morgan fingerprint density at radius 3 is 2.74 bits per heavy atom. The summed E-state index contributed by atoms with van der Waals surface area (Å²) in [5, 5.41) is 12.1. The lowest BCUT2D eigenvalue weighted by Gasteiger charge is -2.09. The number of pyridine rings is 1. The molecule has 0 bridgehead atoms. The molecule has 0 spiro atoms. The fourth-order valence-corrected chi connectivity index (χ4v) is 1.95. The molecule has 2 aromatic rings. The van der Waals surface area contributed by atoms with Crippen LogP contribution in [0.25, 0.3) is 0 Å². The van der Waals surface area contributed by atoms with Gasteiger partial charge in [-0.25, -0.2) is 9.37 Å². The molecule has 0 atom stereocenters. The summed E-state index contributed by atoms with van der Waals surface area (Å²) in [5.74, 6) is -1.53. The quantitative estimate of drug-likeness (QED) is 0.833. The lowest BCUT2D eigenvalue weighted by Crippen LogP contribution is -2.13. The number of halogens is 2. The number of amides is 1. The molecule has 1 amide bonds. The maximum Gasteiger partial charge on any atom is 0.259 e. The molecule has 6 heteroatoms. The van der Waals surface area contributed by atoms with Gasteiger partial charge >= 0.3 is 0 Å². The number of phenolic OH excluding ortho intramolecular Hbond substituents is 1. The van der Waals surface area contributed by atoms with Crippen LogP contribution in [0.3, 0.4) is 0 Å². The molecule has 1 aromatic heterocycles. The first-order valence-corrected chi connectivity index (χ1v) is 6.19. The topological polar surface area (TPSA) is 62.2 Å². The molecule has 2 rings (SSSR count). The first kappa shape index (κ1) is 13.5. The molecule has 0 saturated heterocycles. The molecular weight excluding hydrogens is 315 g/mol. The van der Waals surface area contributed by atoms with Gasteiger partial charge in [-0.2, -0.15) is 0 Å². The van der Waals surface area contributed by atoms with Gasteiger partial charge in [0.15, 0.2) is 0 Å². The van der Waals surface area contributed by atoms with Crippen molar-refractivity contribution in [3.63, 3.8) is 0 Å². The molecule has 0 unspecified atom stereocenters. The maximum atomic E-state index is 12.8. The van der Waals surface area contributed by atoms with Crippen molar-refractivity contribution in [2.75, 3.05) is 5.32 Å². The zero-order chi connectivity index (χ0) is 14.0. The maximum absolute atomic E-state index is 12.8. The van der Waals surface area contributed by atoms with Crippen LogP contribution in [0.2, 0.25) is 0 Å². The highest BCUT2D eigenvalue weighted by molar-refractivity contribution is 9.10. The molecule has 0 aliphatic heterocycles. The van der Waals surface area contributed by atoms with Crippen molar-refractivity contribution in [1.29, 1.82) is 0 Å². The van der Waals surface area contributed by atoms with Crippen molar-refractivity contribution in [3.8, 4) is 5.75 Å². The molecule has 4 nitrogen and oxygen atoms in total. The van der Waals surface area contributed by atoms with E-state index in [4.69, 9.17) is 0 Å². The van der Waals surface area contributed by atoms with Gasteiger partial charge in [0.25, 0.3) is 5.91 Å². The molecule has 1 heterocycles. The predicted octanol–water partition coefficient (Wildman–Crippen LogP) is 3.25. The minimum absolute atomic E-state index is 0.00344. The van der Waals surface area contributed by atoms with Crippen molar-refractivity contribution < 1.29 is 14.3 Å². The van der Waals surface area contributed by atoms with Crippen LogP contribution in [0, 0.1) is 12.7 Å². The third-order valence-electron chi connectivity index (χ3n) is 2.50. The van der Waals surface area contributed by atoms with E-state index >= 15 is 0 Å². The van der Waals surface area contributed by atoms with Crippen LogP contribution in [0.15, 0.2) is 34.9 Å². The van der Waals surface area contributed by atoms with Crippen molar-refractivity contribution in [2.45, 2.75) is 6.92 Å². The Bertz CT molecular complexity index is 647.